The Balaban J connectivity index is 1.89. The summed E-state index contributed by atoms with van der Waals surface area (Å²) in [5.41, 5.74) is 3.26. The minimum absolute atomic E-state index is 0.0739. The zero-order chi connectivity index (χ0) is 12.9. The molecule has 0 amide bonds. The SMILES string of the molecule is CC1c2ccccc2[C@H]2OO[C@]1(c1ccccc1)O2. The molecule has 2 aliphatic heterocycles. The largest absolute Gasteiger partial charge is 0.306 e. The molecule has 2 heterocycles. The molecule has 3 heteroatoms. The van der Waals surface area contributed by atoms with Gasteiger partial charge in [-0.15, -0.1) is 0 Å². The lowest BCUT2D eigenvalue weighted by atomic mass is 9.83. The van der Waals surface area contributed by atoms with Crippen molar-refractivity contribution in [2.24, 2.45) is 0 Å². The summed E-state index contributed by atoms with van der Waals surface area (Å²) in [5.74, 6) is -0.759. The molecule has 2 bridgehead atoms. The van der Waals surface area contributed by atoms with Crippen LogP contribution in [0.3, 0.4) is 0 Å². The van der Waals surface area contributed by atoms with E-state index in [-0.39, 0.29) is 5.92 Å². The molecular weight excluding hydrogens is 240 g/mol. The fourth-order valence-corrected chi connectivity index (χ4v) is 2.96. The highest BCUT2D eigenvalue weighted by atomic mass is 17.3. The third kappa shape index (κ3) is 1.43. The van der Waals surface area contributed by atoms with Gasteiger partial charge in [-0.1, -0.05) is 61.5 Å². The summed E-state index contributed by atoms with van der Waals surface area (Å²) in [6.07, 6.45) is -0.437. The van der Waals surface area contributed by atoms with Gasteiger partial charge < -0.3 is 4.74 Å². The number of ether oxygens (including phenoxy) is 1. The maximum absolute atomic E-state index is 6.07. The summed E-state index contributed by atoms with van der Waals surface area (Å²) in [6, 6.07) is 18.1. The lowest BCUT2D eigenvalue weighted by Crippen LogP contribution is -2.36. The molecule has 1 saturated heterocycles. The van der Waals surface area contributed by atoms with E-state index in [4.69, 9.17) is 14.5 Å². The minimum atomic E-state index is -0.833. The molecule has 3 atom stereocenters. The fourth-order valence-electron chi connectivity index (χ4n) is 2.96. The second kappa shape index (κ2) is 3.90. The minimum Gasteiger partial charge on any atom is -0.306 e. The third-order valence-electron chi connectivity index (χ3n) is 4.00. The van der Waals surface area contributed by atoms with E-state index in [9.17, 15) is 0 Å². The van der Waals surface area contributed by atoms with Gasteiger partial charge >= 0.3 is 0 Å². The monoisotopic (exact) mass is 254 g/mol. The highest BCUT2D eigenvalue weighted by Crippen LogP contribution is 2.55. The van der Waals surface area contributed by atoms with E-state index in [0.29, 0.717) is 0 Å². The van der Waals surface area contributed by atoms with Crippen LogP contribution in [0.4, 0.5) is 0 Å². The molecule has 3 nitrogen and oxygen atoms in total. The second-order valence-electron chi connectivity index (χ2n) is 5.01. The van der Waals surface area contributed by atoms with Crippen molar-refractivity contribution >= 4 is 0 Å². The number of hydrogen-bond acceptors (Lipinski definition) is 3. The molecular formula is C16H14O3. The van der Waals surface area contributed by atoms with Crippen LogP contribution in [-0.2, 0) is 20.3 Å². The van der Waals surface area contributed by atoms with Gasteiger partial charge in [-0.05, 0) is 5.56 Å². The van der Waals surface area contributed by atoms with E-state index in [0.717, 1.165) is 11.1 Å². The maximum Gasteiger partial charge on any atom is 0.237 e. The maximum atomic E-state index is 6.07. The normalized spacial score (nSPS) is 32.1. The predicted octanol–water partition coefficient (Wildman–Crippen LogP) is 3.63. The first-order valence-corrected chi connectivity index (χ1v) is 6.48. The fraction of sp³-hybridized carbons (Fsp3) is 0.250. The van der Waals surface area contributed by atoms with Gasteiger partial charge in [0.25, 0.3) is 0 Å². The van der Waals surface area contributed by atoms with Gasteiger partial charge in [-0.25, -0.2) is 0 Å². The van der Waals surface area contributed by atoms with E-state index >= 15 is 0 Å². The Morgan fingerprint density at radius 3 is 2.37 bits per heavy atom. The molecule has 2 aliphatic rings. The summed E-state index contributed by atoms with van der Waals surface area (Å²) in [6.45, 7) is 2.11. The van der Waals surface area contributed by atoms with E-state index in [2.05, 4.69) is 13.0 Å². The molecule has 2 aromatic carbocycles. The van der Waals surface area contributed by atoms with Gasteiger partial charge in [0.1, 0.15) is 0 Å². The number of rotatable bonds is 1. The first-order valence-electron chi connectivity index (χ1n) is 6.48. The van der Waals surface area contributed by atoms with E-state index < -0.39 is 12.1 Å². The number of fused-ring (bicyclic) bond motifs is 4. The van der Waals surface area contributed by atoms with Crippen LogP contribution in [0.2, 0.25) is 0 Å². The van der Waals surface area contributed by atoms with Gasteiger partial charge in [-0.2, -0.15) is 9.78 Å². The smallest absolute Gasteiger partial charge is 0.237 e. The summed E-state index contributed by atoms with van der Waals surface area (Å²) in [5, 5.41) is 0. The molecule has 0 saturated carbocycles. The van der Waals surface area contributed by atoms with Crippen LogP contribution >= 0.6 is 0 Å². The van der Waals surface area contributed by atoms with Gasteiger partial charge in [0.05, 0.1) is 0 Å². The Morgan fingerprint density at radius 1 is 0.895 bits per heavy atom. The van der Waals surface area contributed by atoms with Gasteiger partial charge in [-0.3, -0.25) is 0 Å². The standard InChI is InChI=1S/C16H14O3/c1-11-13-9-5-6-10-14(13)15-17-16(11,19-18-15)12-7-3-2-4-8-12/h2-11,15H,1H3/t11?,15-,16-/m1/s1. The molecule has 2 aromatic rings. The van der Waals surface area contributed by atoms with E-state index in [1.54, 1.807) is 0 Å². The summed E-state index contributed by atoms with van der Waals surface area (Å²) in [4.78, 5) is 11.0. The van der Waals surface area contributed by atoms with Crippen LogP contribution < -0.4 is 0 Å². The second-order valence-corrected chi connectivity index (χ2v) is 5.01. The highest BCUT2D eigenvalue weighted by molar-refractivity contribution is 5.38. The molecule has 0 N–H and O–H groups in total. The van der Waals surface area contributed by atoms with Crippen molar-refractivity contribution in [3.63, 3.8) is 0 Å². The van der Waals surface area contributed by atoms with E-state index in [1.807, 2.05) is 48.5 Å². The first kappa shape index (κ1) is 11.2. The predicted molar refractivity (Wildman–Crippen MR) is 69.0 cm³/mol. The van der Waals surface area contributed by atoms with Crippen LogP contribution in [0.1, 0.15) is 35.8 Å². The van der Waals surface area contributed by atoms with Crippen molar-refractivity contribution < 1.29 is 14.5 Å². The summed E-state index contributed by atoms with van der Waals surface area (Å²) in [7, 11) is 0. The number of benzene rings is 2. The van der Waals surface area contributed by atoms with Crippen LogP contribution in [0.15, 0.2) is 54.6 Å². The van der Waals surface area contributed by atoms with Crippen molar-refractivity contribution in [1.29, 1.82) is 0 Å². The third-order valence-corrected chi connectivity index (χ3v) is 4.00. The summed E-state index contributed by atoms with van der Waals surface area (Å²) < 4.78 is 6.07. The lowest BCUT2D eigenvalue weighted by Gasteiger charge is -2.36. The Kier molecular flexibility index (Phi) is 2.30. The molecule has 1 unspecified atom stereocenters. The zero-order valence-corrected chi connectivity index (χ0v) is 10.6. The van der Waals surface area contributed by atoms with Gasteiger partial charge in [0.2, 0.25) is 12.1 Å². The Bertz CT molecular complexity index is 610. The lowest BCUT2D eigenvalue weighted by molar-refractivity contribution is -0.339. The number of hydrogen-bond donors (Lipinski definition) is 0. The van der Waals surface area contributed by atoms with Crippen LogP contribution in [0.25, 0.3) is 0 Å². The zero-order valence-electron chi connectivity index (χ0n) is 10.6. The molecule has 0 aromatic heterocycles. The summed E-state index contributed by atoms with van der Waals surface area (Å²) >= 11 is 0. The Morgan fingerprint density at radius 2 is 1.58 bits per heavy atom. The van der Waals surface area contributed by atoms with Gasteiger partial charge in [0, 0.05) is 17.0 Å². The molecule has 1 fully saturated rings. The highest BCUT2D eigenvalue weighted by Gasteiger charge is 2.55. The van der Waals surface area contributed by atoms with Crippen LogP contribution in [-0.4, -0.2) is 0 Å². The topological polar surface area (TPSA) is 27.7 Å². The Hall–Kier alpha value is -1.68. The molecule has 19 heavy (non-hydrogen) atoms. The van der Waals surface area contributed by atoms with Crippen LogP contribution in [0, 0.1) is 0 Å². The van der Waals surface area contributed by atoms with Crippen LogP contribution in [0.5, 0.6) is 0 Å². The first-order chi connectivity index (χ1) is 9.31. The molecule has 0 aliphatic carbocycles. The van der Waals surface area contributed by atoms with Gasteiger partial charge in [0.15, 0.2) is 0 Å². The van der Waals surface area contributed by atoms with Crippen molar-refractivity contribution in [1.82, 2.24) is 0 Å². The molecule has 96 valence electrons. The van der Waals surface area contributed by atoms with Crippen molar-refractivity contribution in [3.05, 3.63) is 71.3 Å². The molecule has 4 rings (SSSR count). The van der Waals surface area contributed by atoms with Crippen molar-refractivity contribution in [2.45, 2.75) is 24.9 Å². The van der Waals surface area contributed by atoms with Crippen molar-refractivity contribution in [2.75, 3.05) is 0 Å². The average molecular weight is 254 g/mol. The van der Waals surface area contributed by atoms with E-state index in [1.165, 1.54) is 5.56 Å². The average Bonchev–Trinajstić information content (AvgIpc) is 2.89. The Labute approximate surface area is 111 Å². The molecule has 0 radical (unpaired) electrons. The quantitative estimate of drug-likeness (QED) is 0.727. The van der Waals surface area contributed by atoms with Crippen molar-refractivity contribution in [3.8, 4) is 0 Å². The molecule has 0 spiro atoms.